The second-order valence-electron chi connectivity index (χ2n) is 3.33. The number of hydrogen-bond donors (Lipinski definition) is 0. The van der Waals surface area contributed by atoms with Crippen LogP contribution in [-0.4, -0.2) is 21.7 Å². The van der Waals surface area contributed by atoms with Crippen molar-refractivity contribution in [2.45, 2.75) is 17.9 Å². The number of carbonyl (C=O) groups is 1. The number of pyridine rings is 1. The SMILES string of the molecule is C=CCCC(=O)N(CC=C)Sc1ccccn1. The number of nitrogens with zero attached hydrogens (tertiary/aromatic N) is 2. The minimum atomic E-state index is 0.0699. The van der Waals surface area contributed by atoms with Gasteiger partial charge in [-0.25, -0.2) is 4.98 Å². The Morgan fingerprint density at radius 2 is 2.24 bits per heavy atom. The first kappa shape index (κ1) is 13.5. The molecule has 0 fully saturated rings. The Morgan fingerprint density at radius 3 is 2.82 bits per heavy atom. The van der Waals surface area contributed by atoms with Crippen molar-refractivity contribution in [1.82, 2.24) is 9.29 Å². The van der Waals surface area contributed by atoms with Gasteiger partial charge in [0.1, 0.15) is 5.03 Å². The summed E-state index contributed by atoms with van der Waals surface area (Å²) in [6, 6.07) is 5.62. The van der Waals surface area contributed by atoms with Crippen LogP contribution in [0.15, 0.2) is 54.7 Å². The third-order valence-electron chi connectivity index (χ3n) is 1.98. The molecule has 90 valence electrons. The van der Waals surface area contributed by atoms with Crippen molar-refractivity contribution in [2.24, 2.45) is 0 Å². The number of hydrogen-bond acceptors (Lipinski definition) is 3. The van der Waals surface area contributed by atoms with Gasteiger partial charge in [-0.2, -0.15) is 0 Å². The molecule has 3 nitrogen and oxygen atoms in total. The van der Waals surface area contributed by atoms with E-state index in [1.165, 1.54) is 11.9 Å². The van der Waals surface area contributed by atoms with Gasteiger partial charge in [0.2, 0.25) is 5.91 Å². The Kier molecular flexibility index (Phi) is 6.10. The van der Waals surface area contributed by atoms with Crippen molar-refractivity contribution >= 4 is 17.9 Å². The zero-order chi connectivity index (χ0) is 12.5. The zero-order valence-corrected chi connectivity index (χ0v) is 10.5. The molecule has 17 heavy (non-hydrogen) atoms. The minimum Gasteiger partial charge on any atom is -0.277 e. The van der Waals surface area contributed by atoms with Gasteiger partial charge in [-0.3, -0.25) is 9.10 Å². The lowest BCUT2D eigenvalue weighted by atomic mass is 10.3. The number of rotatable bonds is 7. The highest BCUT2D eigenvalue weighted by molar-refractivity contribution is 7.97. The van der Waals surface area contributed by atoms with Crippen molar-refractivity contribution in [1.29, 1.82) is 0 Å². The Bertz CT molecular complexity index is 378. The summed E-state index contributed by atoms with van der Waals surface area (Å²) in [5.74, 6) is 0.0699. The highest BCUT2D eigenvalue weighted by Gasteiger charge is 2.13. The molecule has 0 aliphatic carbocycles. The Morgan fingerprint density at radius 1 is 1.41 bits per heavy atom. The Balaban J connectivity index is 2.62. The molecule has 0 unspecified atom stereocenters. The van der Waals surface area contributed by atoms with E-state index in [1.807, 2.05) is 18.2 Å². The normalized spacial score (nSPS) is 9.65. The number of amides is 1. The second-order valence-corrected chi connectivity index (χ2v) is 4.37. The smallest absolute Gasteiger partial charge is 0.233 e. The fourth-order valence-corrected chi connectivity index (χ4v) is 2.02. The molecule has 0 spiro atoms. The van der Waals surface area contributed by atoms with Crippen LogP contribution in [0.5, 0.6) is 0 Å². The van der Waals surface area contributed by atoms with Crippen LogP contribution in [0, 0.1) is 0 Å². The molecule has 1 rings (SSSR count). The molecule has 1 heterocycles. The third-order valence-corrected chi connectivity index (χ3v) is 2.98. The number of aromatic nitrogens is 1. The minimum absolute atomic E-state index is 0.0699. The van der Waals surface area contributed by atoms with Crippen LogP contribution in [0.4, 0.5) is 0 Å². The molecule has 0 bridgehead atoms. The molecule has 1 aromatic rings. The molecular formula is C13H16N2OS. The molecule has 0 atom stereocenters. The molecule has 0 aliphatic rings. The maximum absolute atomic E-state index is 11.9. The van der Waals surface area contributed by atoms with Crippen molar-refractivity contribution in [3.63, 3.8) is 0 Å². The molecule has 0 aliphatic heterocycles. The third kappa shape index (κ3) is 4.87. The predicted octanol–water partition coefficient (Wildman–Crippen LogP) is 3.07. The van der Waals surface area contributed by atoms with Gasteiger partial charge in [-0.1, -0.05) is 18.2 Å². The topological polar surface area (TPSA) is 33.2 Å². The van der Waals surface area contributed by atoms with Gasteiger partial charge < -0.3 is 0 Å². The highest BCUT2D eigenvalue weighted by atomic mass is 32.2. The van der Waals surface area contributed by atoms with Crippen LogP contribution in [0.1, 0.15) is 12.8 Å². The molecule has 4 heteroatoms. The summed E-state index contributed by atoms with van der Waals surface area (Å²) in [6.45, 7) is 7.78. The van der Waals surface area contributed by atoms with Gasteiger partial charge in [-0.05, 0) is 18.6 Å². The van der Waals surface area contributed by atoms with Gasteiger partial charge in [0, 0.05) is 24.6 Å². The van der Waals surface area contributed by atoms with Crippen molar-refractivity contribution < 1.29 is 4.79 Å². The summed E-state index contributed by atoms with van der Waals surface area (Å²) in [5.41, 5.74) is 0. The molecule has 0 N–H and O–H groups in total. The van der Waals surface area contributed by atoms with E-state index in [0.29, 0.717) is 19.4 Å². The maximum Gasteiger partial charge on any atom is 0.233 e. The molecule has 0 saturated carbocycles. The molecule has 0 radical (unpaired) electrons. The lowest BCUT2D eigenvalue weighted by Gasteiger charge is -2.18. The molecule has 0 aromatic carbocycles. The van der Waals surface area contributed by atoms with Crippen LogP contribution < -0.4 is 0 Å². The summed E-state index contributed by atoms with van der Waals surface area (Å²) in [5, 5.41) is 0.807. The van der Waals surface area contributed by atoms with Crippen molar-refractivity contribution in [2.75, 3.05) is 6.54 Å². The number of allylic oxidation sites excluding steroid dienone is 1. The first-order valence-electron chi connectivity index (χ1n) is 5.39. The van der Waals surface area contributed by atoms with E-state index in [0.717, 1.165) is 5.03 Å². The zero-order valence-electron chi connectivity index (χ0n) is 9.71. The molecular weight excluding hydrogens is 232 g/mol. The van der Waals surface area contributed by atoms with Gasteiger partial charge >= 0.3 is 0 Å². The Labute approximate surface area is 106 Å². The van der Waals surface area contributed by atoms with E-state index in [1.54, 1.807) is 22.7 Å². The quantitative estimate of drug-likeness (QED) is 0.549. The standard InChI is InChI=1S/C13H16N2OS/c1-3-5-9-13(16)15(11-4-2)17-12-8-6-7-10-14-12/h3-4,6-8,10H,1-2,5,9,11H2. The van der Waals surface area contributed by atoms with Crippen LogP contribution in [0.25, 0.3) is 0 Å². The summed E-state index contributed by atoms with van der Waals surface area (Å²) in [7, 11) is 0. The van der Waals surface area contributed by atoms with Crippen LogP contribution in [0.3, 0.4) is 0 Å². The lowest BCUT2D eigenvalue weighted by molar-refractivity contribution is -0.125. The summed E-state index contributed by atoms with van der Waals surface area (Å²) in [6.07, 6.45) is 6.33. The second kappa shape index (κ2) is 7.68. The summed E-state index contributed by atoms with van der Waals surface area (Å²) in [4.78, 5) is 16.1. The van der Waals surface area contributed by atoms with E-state index in [2.05, 4.69) is 18.1 Å². The maximum atomic E-state index is 11.9. The van der Waals surface area contributed by atoms with E-state index in [9.17, 15) is 4.79 Å². The monoisotopic (exact) mass is 248 g/mol. The van der Waals surface area contributed by atoms with E-state index < -0.39 is 0 Å². The lowest BCUT2D eigenvalue weighted by Crippen LogP contribution is -2.24. The first-order chi connectivity index (χ1) is 8.27. The van der Waals surface area contributed by atoms with Crippen LogP contribution in [0.2, 0.25) is 0 Å². The fraction of sp³-hybridized carbons (Fsp3) is 0.231. The van der Waals surface area contributed by atoms with Gasteiger partial charge in [0.15, 0.2) is 0 Å². The molecule has 1 amide bonds. The summed E-state index contributed by atoms with van der Waals surface area (Å²) < 4.78 is 1.67. The van der Waals surface area contributed by atoms with Crippen molar-refractivity contribution in [3.05, 3.63) is 49.7 Å². The Hall–Kier alpha value is -1.55. The van der Waals surface area contributed by atoms with E-state index in [4.69, 9.17) is 0 Å². The van der Waals surface area contributed by atoms with Crippen LogP contribution >= 0.6 is 11.9 Å². The highest BCUT2D eigenvalue weighted by Crippen LogP contribution is 2.21. The largest absolute Gasteiger partial charge is 0.277 e. The van der Waals surface area contributed by atoms with E-state index >= 15 is 0 Å². The predicted molar refractivity (Wildman–Crippen MR) is 71.4 cm³/mol. The number of carbonyl (C=O) groups excluding carboxylic acids is 1. The molecule has 0 saturated heterocycles. The first-order valence-corrected chi connectivity index (χ1v) is 6.16. The van der Waals surface area contributed by atoms with E-state index in [-0.39, 0.29) is 5.91 Å². The van der Waals surface area contributed by atoms with Crippen molar-refractivity contribution in [3.8, 4) is 0 Å². The van der Waals surface area contributed by atoms with Gasteiger partial charge in [0.25, 0.3) is 0 Å². The summed E-state index contributed by atoms with van der Waals surface area (Å²) >= 11 is 1.34. The van der Waals surface area contributed by atoms with Crippen LogP contribution in [-0.2, 0) is 4.79 Å². The van der Waals surface area contributed by atoms with Gasteiger partial charge in [-0.15, -0.1) is 13.2 Å². The average molecular weight is 248 g/mol. The molecule has 1 aromatic heterocycles. The van der Waals surface area contributed by atoms with Gasteiger partial charge in [0.05, 0.1) is 6.54 Å². The average Bonchev–Trinajstić information content (AvgIpc) is 2.36. The fourth-order valence-electron chi connectivity index (χ4n) is 1.17.